The predicted molar refractivity (Wildman–Crippen MR) is 69.5 cm³/mol. The van der Waals surface area contributed by atoms with Crippen LogP contribution in [0.1, 0.15) is 11.6 Å². The molecule has 3 nitrogen and oxygen atoms in total. The number of rotatable bonds is 4. The Bertz CT molecular complexity index is 582. The minimum atomic E-state index is -0.822. The number of hydrogen-bond acceptors (Lipinski definition) is 3. The van der Waals surface area contributed by atoms with Crippen LogP contribution < -0.4 is 5.32 Å². The topological polar surface area (TPSA) is 46.2 Å². The number of thiophene rings is 1. The van der Waals surface area contributed by atoms with Crippen LogP contribution in [0.5, 0.6) is 0 Å². The van der Waals surface area contributed by atoms with E-state index in [1.54, 1.807) is 23.8 Å². The minimum Gasteiger partial charge on any atom is -0.344 e. The number of hydrogen-bond donors (Lipinski definition) is 1. The van der Waals surface area contributed by atoms with Gasteiger partial charge in [-0.1, -0.05) is 23.2 Å². The Labute approximate surface area is 111 Å². The molecule has 17 heavy (non-hydrogen) atoms. The van der Waals surface area contributed by atoms with Crippen molar-refractivity contribution in [1.82, 2.24) is 5.32 Å². The summed E-state index contributed by atoms with van der Waals surface area (Å²) in [4.78, 5) is 21.2. The summed E-state index contributed by atoms with van der Waals surface area (Å²) in [6, 6.07) is 2.53. The largest absolute Gasteiger partial charge is 0.344 e. The molecule has 0 bridgehead atoms. The molecule has 6 heteroatoms. The SMILES string of the molecule is O=[C]C(NC=O)c1csc2c(Cl)ccc(Cl)c12. The molecule has 0 aliphatic heterocycles. The number of fused-ring (bicyclic) bond motifs is 1. The maximum absolute atomic E-state index is 10.8. The van der Waals surface area contributed by atoms with Crippen molar-refractivity contribution in [3.63, 3.8) is 0 Å². The highest BCUT2D eigenvalue weighted by Crippen LogP contribution is 2.38. The lowest BCUT2D eigenvalue weighted by Gasteiger charge is -2.07. The van der Waals surface area contributed by atoms with Crippen LogP contribution in [0.3, 0.4) is 0 Å². The van der Waals surface area contributed by atoms with Gasteiger partial charge in [-0.15, -0.1) is 11.3 Å². The fraction of sp³-hybridized carbons (Fsp3) is 0.0909. The summed E-state index contributed by atoms with van der Waals surface area (Å²) >= 11 is 13.5. The molecule has 0 fully saturated rings. The summed E-state index contributed by atoms with van der Waals surface area (Å²) in [6.07, 6.45) is 2.21. The lowest BCUT2D eigenvalue weighted by Crippen LogP contribution is -2.20. The van der Waals surface area contributed by atoms with Crippen LogP contribution in [-0.4, -0.2) is 12.7 Å². The zero-order valence-electron chi connectivity index (χ0n) is 8.37. The Morgan fingerprint density at radius 1 is 1.35 bits per heavy atom. The van der Waals surface area contributed by atoms with Gasteiger partial charge in [-0.25, -0.2) is 0 Å². The number of carbonyl (C=O) groups excluding carboxylic acids is 2. The smallest absolute Gasteiger partial charge is 0.227 e. The zero-order chi connectivity index (χ0) is 12.4. The van der Waals surface area contributed by atoms with E-state index in [0.29, 0.717) is 27.4 Å². The third kappa shape index (κ3) is 2.16. The first-order chi connectivity index (χ1) is 8.19. The second-order valence-corrected chi connectivity index (χ2v) is 4.95. The molecular formula is C11H6Cl2NO2S. The van der Waals surface area contributed by atoms with Gasteiger partial charge in [0.25, 0.3) is 0 Å². The molecule has 0 saturated heterocycles. The van der Waals surface area contributed by atoms with Gasteiger partial charge in [0.2, 0.25) is 12.7 Å². The van der Waals surface area contributed by atoms with Crippen molar-refractivity contribution in [1.29, 1.82) is 0 Å². The second-order valence-electron chi connectivity index (χ2n) is 3.26. The molecule has 0 aliphatic rings. The summed E-state index contributed by atoms with van der Waals surface area (Å²) in [5.74, 6) is 0. The van der Waals surface area contributed by atoms with Crippen LogP contribution in [0.15, 0.2) is 17.5 Å². The average Bonchev–Trinajstić information content (AvgIpc) is 2.76. The predicted octanol–water partition coefficient (Wildman–Crippen LogP) is 3.10. The number of benzene rings is 1. The summed E-state index contributed by atoms with van der Waals surface area (Å²) in [6.45, 7) is 0. The first kappa shape index (κ1) is 12.4. The summed E-state index contributed by atoms with van der Waals surface area (Å²) in [5.41, 5.74) is 0.611. The molecule has 0 saturated carbocycles. The molecule has 1 aromatic heterocycles. The summed E-state index contributed by atoms with van der Waals surface area (Å²) in [7, 11) is 0. The van der Waals surface area contributed by atoms with E-state index in [2.05, 4.69) is 5.32 Å². The van der Waals surface area contributed by atoms with E-state index in [4.69, 9.17) is 23.2 Å². The Hall–Kier alpha value is -1.10. The highest BCUT2D eigenvalue weighted by molar-refractivity contribution is 7.18. The molecule has 2 rings (SSSR count). The molecule has 1 aromatic carbocycles. The highest BCUT2D eigenvalue weighted by atomic mass is 35.5. The van der Waals surface area contributed by atoms with Crippen LogP contribution in [-0.2, 0) is 9.59 Å². The third-order valence-corrected chi connectivity index (χ3v) is 4.09. The Morgan fingerprint density at radius 3 is 2.71 bits per heavy atom. The van der Waals surface area contributed by atoms with Crippen molar-refractivity contribution in [3.05, 3.63) is 33.1 Å². The molecule has 0 aliphatic carbocycles. The summed E-state index contributed by atoms with van der Waals surface area (Å²) < 4.78 is 0.794. The maximum atomic E-state index is 10.8. The van der Waals surface area contributed by atoms with Gasteiger partial charge >= 0.3 is 0 Å². The molecular weight excluding hydrogens is 281 g/mol. The fourth-order valence-electron chi connectivity index (χ4n) is 1.57. The van der Waals surface area contributed by atoms with Gasteiger partial charge < -0.3 is 5.32 Å². The standard InChI is InChI=1S/C11H6Cl2NO2S/c12-7-1-2-8(13)11-10(7)6(4-17-11)9(3-15)14-5-16/h1-2,4-5,9H,(H,14,16). The van der Waals surface area contributed by atoms with Gasteiger partial charge in [-0.05, 0) is 17.5 Å². The van der Waals surface area contributed by atoms with Crippen molar-refractivity contribution in [2.24, 2.45) is 0 Å². The van der Waals surface area contributed by atoms with E-state index < -0.39 is 6.04 Å². The van der Waals surface area contributed by atoms with E-state index in [1.165, 1.54) is 11.3 Å². The van der Waals surface area contributed by atoms with Crippen molar-refractivity contribution in [2.45, 2.75) is 6.04 Å². The highest BCUT2D eigenvalue weighted by Gasteiger charge is 2.18. The van der Waals surface area contributed by atoms with E-state index in [-0.39, 0.29) is 0 Å². The van der Waals surface area contributed by atoms with Crippen LogP contribution >= 0.6 is 34.5 Å². The lowest BCUT2D eigenvalue weighted by atomic mass is 10.1. The van der Waals surface area contributed by atoms with Crippen molar-refractivity contribution in [3.8, 4) is 0 Å². The third-order valence-electron chi connectivity index (χ3n) is 2.31. The quantitative estimate of drug-likeness (QED) is 0.878. The van der Waals surface area contributed by atoms with Crippen molar-refractivity contribution < 1.29 is 9.59 Å². The van der Waals surface area contributed by atoms with Crippen molar-refractivity contribution in [2.75, 3.05) is 0 Å². The van der Waals surface area contributed by atoms with Crippen LogP contribution in [0, 0.1) is 0 Å². The number of halogens is 2. The first-order valence-corrected chi connectivity index (χ1v) is 6.25. The Morgan fingerprint density at radius 2 is 2.06 bits per heavy atom. The van der Waals surface area contributed by atoms with E-state index in [9.17, 15) is 9.59 Å². The van der Waals surface area contributed by atoms with Crippen LogP contribution in [0.4, 0.5) is 0 Å². The number of amides is 1. The number of nitrogens with one attached hydrogen (secondary N) is 1. The molecule has 2 aromatic rings. The average molecular weight is 287 g/mol. The normalized spacial score (nSPS) is 12.4. The molecule has 87 valence electrons. The van der Waals surface area contributed by atoms with Gasteiger partial charge in [0.1, 0.15) is 6.04 Å². The van der Waals surface area contributed by atoms with E-state index >= 15 is 0 Å². The molecule has 1 unspecified atom stereocenters. The summed E-state index contributed by atoms with van der Waals surface area (Å²) in [5, 5.41) is 5.87. The van der Waals surface area contributed by atoms with Crippen LogP contribution in [0.2, 0.25) is 10.0 Å². The molecule has 1 amide bonds. The number of carbonyl (C=O) groups is 1. The van der Waals surface area contributed by atoms with E-state index in [1.807, 2.05) is 0 Å². The van der Waals surface area contributed by atoms with Gasteiger partial charge in [0.05, 0.1) is 9.72 Å². The van der Waals surface area contributed by atoms with E-state index in [0.717, 1.165) is 4.70 Å². The Kier molecular flexibility index (Phi) is 3.66. The minimum absolute atomic E-state index is 0.456. The first-order valence-electron chi connectivity index (χ1n) is 4.61. The Balaban J connectivity index is 2.66. The molecule has 1 radical (unpaired) electrons. The fourth-order valence-corrected chi connectivity index (χ4v) is 3.21. The van der Waals surface area contributed by atoms with Crippen molar-refractivity contribution >= 4 is 57.3 Å². The zero-order valence-corrected chi connectivity index (χ0v) is 10.7. The molecule has 1 atom stereocenters. The van der Waals surface area contributed by atoms with Crippen LogP contribution in [0.25, 0.3) is 10.1 Å². The van der Waals surface area contributed by atoms with Gasteiger partial charge in [0, 0.05) is 16.0 Å². The van der Waals surface area contributed by atoms with Gasteiger partial charge in [-0.2, -0.15) is 0 Å². The monoisotopic (exact) mass is 286 g/mol. The molecule has 0 spiro atoms. The molecule has 1 N–H and O–H groups in total. The second kappa shape index (κ2) is 5.04. The van der Waals surface area contributed by atoms with Gasteiger partial charge in [0.15, 0.2) is 0 Å². The van der Waals surface area contributed by atoms with Gasteiger partial charge in [-0.3, -0.25) is 9.59 Å². The maximum Gasteiger partial charge on any atom is 0.227 e. The molecule has 1 heterocycles. The lowest BCUT2D eigenvalue weighted by molar-refractivity contribution is -0.109.